The maximum Gasteiger partial charge on any atom is 0.244 e. The quantitative estimate of drug-likeness (QED) is 0.669. The number of ether oxygens (including phenoxy) is 1. The molecule has 4 N–H and O–H groups in total. The Morgan fingerprint density at radius 3 is 2.52 bits per heavy atom. The van der Waals surface area contributed by atoms with Crippen LogP contribution in [0.2, 0.25) is 0 Å². The number of nitrogens with one attached hydrogen (secondary N) is 1. The molecule has 1 atom stereocenters. The number of aromatic amines is 1. The van der Waals surface area contributed by atoms with E-state index in [-0.39, 0.29) is 11.6 Å². The molecule has 1 aromatic heterocycles. The number of phenols is 1. The van der Waals surface area contributed by atoms with Gasteiger partial charge in [0.2, 0.25) is 11.8 Å². The van der Waals surface area contributed by atoms with Crippen molar-refractivity contribution in [3.05, 3.63) is 77.2 Å². The van der Waals surface area contributed by atoms with Crippen molar-refractivity contribution in [1.82, 2.24) is 10.2 Å². The van der Waals surface area contributed by atoms with Gasteiger partial charge >= 0.3 is 0 Å². The second-order valence-corrected chi connectivity index (χ2v) is 5.70. The second-order valence-electron chi connectivity index (χ2n) is 5.70. The summed E-state index contributed by atoms with van der Waals surface area (Å²) < 4.78 is 5.56. The van der Waals surface area contributed by atoms with Crippen molar-refractivity contribution in [3.63, 3.8) is 0 Å². The summed E-state index contributed by atoms with van der Waals surface area (Å²) in [5, 5.41) is 26.4. The highest BCUT2D eigenvalue weighted by Gasteiger charge is 2.35. The Bertz CT molecular complexity index is 998. The number of hydrogen-bond acceptors (Lipinski definition) is 5. The van der Waals surface area contributed by atoms with Crippen molar-refractivity contribution in [2.45, 2.75) is 5.92 Å². The highest BCUT2D eigenvalue weighted by atomic mass is 16.5. The van der Waals surface area contributed by atoms with Crippen LogP contribution in [0.25, 0.3) is 11.3 Å². The van der Waals surface area contributed by atoms with Gasteiger partial charge in [0.15, 0.2) is 0 Å². The molecule has 0 bridgehead atoms. The molecule has 0 aliphatic carbocycles. The monoisotopic (exact) mass is 330 g/mol. The zero-order chi connectivity index (χ0) is 17.4. The topological polar surface area (TPSA) is 108 Å². The lowest BCUT2D eigenvalue weighted by Gasteiger charge is -2.24. The van der Waals surface area contributed by atoms with E-state index in [1.165, 1.54) is 0 Å². The van der Waals surface area contributed by atoms with Crippen molar-refractivity contribution in [2.75, 3.05) is 0 Å². The third-order valence-electron chi connectivity index (χ3n) is 4.23. The molecule has 0 saturated carbocycles. The Hall–Kier alpha value is -3.72. The Labute approximate surface area is 143 Å². The number of fused-ring (bicyclic) bond motifs is 1. The third kappa shape index (κ3) is 2.39. The molecule has 25 heavy (non-hydrogen) atoms. The second kappa shape index (κ2) is 5.73. The van der Waals surface area contributed by atoms with E-state index >= 15 is 0 Å². The SMILES string of the molecule is N#CC1=C(N)Oc2n[nH]c(-c3ccccc3)c2[C@@H]1c1ccc(O)cc1. The van der Waals surface area contributed by atoms with Gasteiger partial charge in [0.25, 0.3) is 0 Å². The fraction of sp³-hybridized carbons (Fsp3) is 0.0526. The number of phenolic OH excluding ortho intramolecular Hbond substituents is 1. The van der Waals surface area contributed by atoms with Crippen LogP contribution in [-0.2, 0) is 0 Å². The summed E-state index contributed by atoms with van der Waals surface area (Å²) in [5.74, 6) is 0.123. The number of aromatic nitrogens is 2. The van der Waals surface area contributed by atoms with Gasteiger partial charge < -0.3 is 15.6 Å². The van der Waals surface area contributed by atoms with E-state index in [4.69, 9.17) is 10.5 Å². The Balaban J connectivity index is 1.95. The number of nitrogens with two attached hydrogens (primary N) is 1. The number of hydrogen-bond donors (Lipinski definition) is 3. The van der Waals surface area contributed by atoms with Crippen LogP contribution in [0.3, 0.4) is 0 Å². The van der Waals surface area contributed by atoms with Gasteiger partial charge in [-0.15, -0.1) is 5.10 Å². The first kappa shape index (κ1) is 14.8. The fourth-order valence-corrected chi connectivity index (χ4v) is 3.07. The summed E-state index contributed by atoms with van der Waals surface area (Å²) >= 11 is 0. The van der Waals surface area contributed by atoms with Crippen molar-refractivity contribution in [2.24, 2.45) is 5.73 Å². The normalized spacial score (nSPS) is 16.0. The van der Waals surface area contributed by atoms with Gasteiger partial charge in [-0.1, -0.05) is 42.5 Å². The van der Waals surface area contributed by atoms with Crippen molar-refractivity contribution in [3.8, 4) is 29.0 Å². The number of benzene rings is 2. The van der Waals surface area contributed by atoms with Crippen LogP contribution in [-0.4, -0.2) is 15.3 Å². The molecule has 3 aromatic rings. The van der Waals surface area contributed by atoms with E-state index in [9.17, 15) is 10.4 Å². The van der Waals surface area contributed by atoms with Gasteiger partial charge in [-0.25, -0.2) is 0 Å². The first-order valence-corrected chi connectivity index (χ1v) is 7.69. The summed E-state index contributed by atoms with van der Waals surface area (Å²) in [6, 6.07) is 18.5. The molecule has 0 unspecified atom stereocenters. The van der Waals surface area contributed by atoms with E-state index < -0.39 is 5.92 Å². The molecule has 6 nitrogen and oxygen atoms in total. The highest BCUT2D eigenvalue weighted by Crippen LogP contribution is 2.45. The van der Waals surface area contributed by atoms with Gasteiger partial charge in [-0.05, 0) is 23.3 Å². The van der Waals surface area contributed by atoms with Crippen LogP contribution in [0.15, 0.2) is 66.1 Å². The van der Waals surface area contributed by atoms with E-state index in [0.717, 1.165) is 22.4 Å². The molecule has 1 aliphatic rings. The van der Waals surface area contributed by atoms with Gasteiger partial charge in [0.1, 0.15) is 17.4 Å². The predicted molar refractivity (Wildman–Crippen MR) is 91.4 cm³/mol. The van der Waals surface area contributed by atoms with Crippen LogP contribution in [0.1, 0.15) is 17.0 Å². The lowest BCUT2D eigenvalue weighted by Crippen LogP contribution is -2.20. The lowest BCUT2D eigenvalue weighted by molar-refractivity contribution is 0.379. The lowest BCUT2D eigenvalue weighted by atomic mass is 9.83. The molecule has 0 spiro atoms. The summed E-state index contributed by atoms with van der Waals surface area (Å²) in [6.07, 6.45) is 0. The number of aromatic hydroxyl groups is 1. The zero-order valence-corrected chi connectivity index (χ0v) is 13.1. The van der Waals surface area contributed by atoms with E-state index in [1.807, 2.05) is 30.3 Å². The van der Waals surface area contributed by atoms with Gasteiger partial charge in [-0.2, -0.15) is 5.26 Å². The molecule has 0 saturated heterocycles. The van der Waals surface area contributed by atoms with Crippen molar-refractivity contribution >= 4 is 0 Å². The minimum atomic E-state index is -0.427. The van der Waals surface area contributed by atoms with Crippen LogP contribution in [0.4, 0.5) is 0 Å². The largest absolute Gasteiger partial charge is 0.508 e. The van der Waals surface area contributed by atoms with Crippen LogP contribution >= 0.6 is 0 Å². The maximum absolute atomic E-state index is 9.62. The van der Waals surface area contributed by atoms with E-state index in [2.05, 4.69) is 16.3 Å². The molecular weight excluding hydrogens is 316 g/mol. The van der Waals surface area contributed by atoms with Crippen LogP contribution in [0.5, 0.6) is 11.6 Å². The molecule has 2 aromatic carbocycles. The van der Waals surface area contributed by atoms with Gasteiger partial charge in [0.05, 0.1) is 17.2 Å². The smallest absolute Gasteiger partial charge is 0.244 e. The Morgan fingerprint density at radius 2 is 1.84 bits per heavy atom. The summed E-state index contributed by atoms with van der Waals surface area (Å²) in [6.45, 7) is 0. The van der Waals surface area contributed by atoms with Crippen molar-refractivity contribution < 1.29 is 9.84 Å². The zero-order valence-electron chi connectivity index (χ0n) is 13.1. The number of allylic oxidation sites excluding steroid dienone is 1. The highest BCUT2D eigenvalue weighted by molar-refractivity contribution is 5.70. The number of rotatable bonds is 2. The average Bonchev–Trinajstić information content (AvgIpc) is 3.05. The van der Waals surface area contributed by atoms with E-state index in [1.54, 1.807) is 24.3 Å². The number of H-pyrrole nitrogens is 1. The number of nitriles is 1. The van der Waals surface area contributed by atoms with Gasteiger partial charge in [-0.3, -0.25) is 5.10 Å². The van der Waals surface area contributed by atoms with Crippen LogP contribution < -0.4 is 10.5 Å². The summed E-state index contributed by atoms with van der Waals surface area (Å²) in [7, 11) is 0. The third-order valence-corrected chi connectivity index (χ3v) is 4.23. The predicted octanol–water partition coefficient (Wildman–Crippen LogP) is 3.00. The van der Waals surface area contributed by atoms with Gasteiger partial charge in [0, 0.05) is 0 Å². The Morgan fingerprint density at radius 1 is 1.12 bits per heavy atom. The first-order valence-electron chi connectivity index (χ1n) is 7.69. The Kier molecular flexibility index (Phi) is 3.40. The standard InChI is InChI=1S/C19H14N4O2/c20-10-14-15(11-6-8-13(24)9-7-11)16-17(12-4-2-1-3-5-12)22-23-19(16)25-18(14)21/h1-9,15,24H,21H2,(H,22,23)/t15-/m1/s1. The average molecular weight is 330 g/mol. The molecule has 4 rings (SSSR count). The maximum atomic E-state index is 9.62. The molecule has 0 radical (unpaired) electrons. The summed E-state index contributed by atoms with van der Waals surface area (Å²) in [5.41, 5.74) is 9.53. The minimum absolute atomic E-state index is 0.0409. The molecule has 0 amide bonds. The molecule has 0 fully saturated rings. The minimum Gasteiger partial charge on any atom is -0.508 e. The fourth-order valence-electron chi connectivity index (χ4n) is 3.07. The van der Waals surface area contributed by atoms with E-state index in [0.29, 0.717) is 11.5 Å². The first-order chi connectivity index (χ1) is 12.2. The molecular formula is C19H14N4O2. The van der Waals surface area contributed by atoms with Crippen molar-refractivity contribution in [1.29, 1.82) is 5.26 Å². The molecule has 1 aliphatic heterocycles. The van der Waals surface area contributed by atoms with Crippen LogP contribution in [0, 0.1) is 11.3 Å². The summed E-state index contributed by atoms with van der Waals surface area (Å²) in [4.78, 5) is 0. The number of nitrogens with zero attached hydrogens (tertiary/aromatic N) is 2. The molecule has 122 valence electrons. The molecule has 6 heteroatoms. The molecule has 2 heterocycles.